The average Bonchev–Trinajstić information content (AvgIpc) is 3.04. The highest BCUT2D eigenvalue weighted by molar-refractivity contribution is 7.85. The van der Waals surface area contributed by atoms with Crippen LogP contribution in [0.4, 0.5) is 0 Å². The molecule has 4 heterocycles. The molecule has 8 rings (SSSR count). The van der Waals surface area contributed by atoms with Crippen LogP contribution < -0.4 is 11.4 Å². The number of aromatic nitrogens is 3. The van der Waals surface area contributed by atoms with Crippen molar-refractivity contribution in [3.8, 4) is 0 Å². The van der Waals surface area contributed by atoms with Crippen LogP contribution in [0, 0.1) is 34.5 Å². The molecular weight excluding hydrogens is 278 g/mol. The van der Waals surface area contributed by atoms with E-state index < -0.39 is 10.8 Å². The molecule has 7 aliphatic rings. The molecule has 0 unspecified atom stereocenters. The summed E-state index contributed by atoms with van der Waals surface area (Å²) in [6, 6.07) is 0.334. The number of nitrogens with zero attached hydrogens (tertiary/aromatic N) is 3. The molecule has 2 spiro atoms. The number of hydrogen-bond donors (Lipinski definition) is 0. The van der Waals surface area contributed by atoms with Crippen molar-refractivity contribution in [2.45, 2.75) is 12.1 Å². The minimum atomic E-state index is -0.752. The Hall–Kier alpha value is -1.11. The molecule has 1 aromatic rings. The quantitative estimate of drug-likeness (QED) is 0.597. The van der Waals surface area contributed by atoms with Crippen LogP contribution in [0.3, 0.4) is 0 Å². The van der Waals surface area contributed by atoms with E-state index in [1.54, 1.807) is 16.4 Å². The van der Waals surface area contributed by atoms with Gasteiger partial charge in [0.1, 0.15) is 0 Å². The highest BCUT2D eigenvalue weighted by Gasteiger charge is 3.04. The van der Waals surface area contributed by atoms with Gasteiger partial charge in [-0.15, -0.1) is 0 Å². The molecular formula is C13H13N3O3S. The van der Waals surface area contributed by atoms with Crippen molar-refractivity contribution < 1.29 is 4.21 Å². The van der Waals surface area contributed by atoms with Crippen molar-refractivity contribution in [2.24, 2.45) is 41.5 Å². The van der Waals surface area contributed by atoms with Gasteiger partial charge >= 0.3 is 11.4 Å². The van der Waals surface area contributed by atoms with Crippen LogP contribution in [-0.2, 0) is 17.8 Å². The molecule has 6 nitrogen and oxygen atoms in total. The molecule has 7 heteroatoms. The second-order valence-corrected chi connectivity index (χ2v) is 9.18. The topological polar surface area (TPSA) is 66.0 Å². The van der Waals surface area contributed by atoms with E-state index in [1.807, 2.05) is 0 Å². The molecule has 1 saturated heterocycles. The molecule has 4 saturated carbocycles. The predicted octanol–water partition coefficient (Wildman–Crippen LogP) is -1.30. The third kappa shape index (κ3) is 0.528. The standard InChI is InChI=1S/C13H13N3O3S/c1-14-10(17)15-8-5-4-6(5)9(16(15)11(14)18)13-3-20(19)2-12(8,13)7(4)13/h4-9H,2-3H2,1H3/t4?,5-,6-,7?,8-,9-,12-,13-,20?/m0/s1. The minimum Gasteiger partial charge on any atom is -0.260 e. The summed E-state index contributed by atoms with van der Waals surface area (Å²) < 4.78 is 17.0. The molecule has 5 fully saturated rings. The summed E-state index contributed by atoms with van der Waals surface area (Å²) in [4.78, 5) is 24.9. The first kappa shape index (κ1) is 9.76. The van der Waals surface area contributed by atoms with Crippen molar-refractivity contribution in [1.29, 1.82) is 0 Å². The summed E-state index contributed by atoms with van der Waals surface area (Å²) in [6.07, 6.45) is 0. The SMILES string of the molecule is Cn1c(=O)n2n(c1=O)[C@H]1[C@H]3C4C5[C@@]6(CS(=O)C[C@]516)[C@@H]2[C@@H]43. The molecule has 6 atom stereocenters. The lowest BCUT2D eigenvalue weighted by molar-refractivity contribution is 0.0280. The van der Waals surface area contributed by atoms with Gasteiger partial charge in [-0.25, -0.2) is 23.5 Å². The van der Waals surface area contributed by atoms with Gasteiger partial charge in [0.05, 0.1) is 12.1 Å². The van der Waals surface area contributed by atoms with E-state index in [0.29, 0.717) is 17.8 Å². The zero-order valence-corrected chi connectivity index (χ0v) is 11.7. The Morgan fingerprint density at radius 2 is 1.50 bits per heavy atom. The molecule has 104 valence electrons. The average molecular weight is 291 g/mol. The monoisotopic (exact) mass is 291 g/mol. The molecule has 0 aromatic carbocycles. The van der Waals surface area contributed by atoms with Gasteiger partial charge in [-0.1, -0.05) is 0 Å². The van der Waals surface area contributed by atoms with Crippen molar-refractivity contribution in [3.05, 3.63) is 21.0 Å². The Labute approximate surface area is 115 Å². The molecule has 0 N–H and O–H groups in total. The Balaban J connectivity index is 1.69. The van der Waals surface area contributed by atoms with Gasteiger partial charge in [-0.3, -0.25) is 4.21 Å². The zero-order chi connectivity index (χ0) is 13.3. The van der Waals surface area contributed by atoms with Crippen LogP contribution in [0.25, 0.3) is 0 Å². The Morgan fingerprint density at radius 1 is 1.00 bits per heavy atom. The van der Waals surface area contributed by atoms with E-state index in [2.05, 4.69) is 0 Å². The molecule has 2 bridgehead atoms. The van der Waals surface area contributed by atoms with Crippen LogP contribution in [0.1, 0.15) is 12.1 Å². The van der Waals surface area contributed by atoms with Gasteiger partial charge in [-0.2, -0.15) is 0 Å². The summed E-state index contributed by atoms with van der Waals surface area (Å²) in [5.74, 6) is 4.12. The van der Waals surface area contributed by atoms with Gasteiger partial charge in [-0.05, 0) is 23.7 Å². The molecule has 1 aromatic heterocycles. The number of rotatable bonds is 0. The van der Waals surface area contributed by atoms with Crippen molar-refractivity contribution in [1.82, 2.24) is 13.9 Å². The van der Waals surface area contributed by atoms with Crippen LogP contribution >= 0.6 is 0 Å². The fraction of sp³-hybridized carbons (Fsp3) is 0.846. The first-order valence-corrected chi connectivity index (χ1v) is 8.81. The molecule has 0 radical (unpaired) electrons. The summed E-state index contributed by atoms with van der Waals surface area (Å²) in [5.41, 5.74) is -0.0984. The lowest BCUT2D eigenvalue weighted by Gasteiger charge is -2.45. The second-order valence-electron chi connectivity index (χ2n) is 7.72. The third-order valence-corrected chi connectivity index (χ3v) is 9.38. The first-order valence-electron chi connectivity index (χ1n) is 7.32. The predicted molar refractivity (Wildman–Crippen MR) is 68.7 cm³/mol. The zero-order valence-electron chi connectivity index (χ0n) is 10.9. The van der Waals surface area contributed by atoms with Crippen LogP contribution in [0.5, 0.6) is 0 Å². The second kappa shape index (κ2) is 2.14. The highest BCUT2D eigenvalue weighted by Crippen LogP contribution is 3.03. The van der Waals surface area contributed by atoms with E-state index in [9.17, 15) is 13.8 Å². The van der Waals surface area contributed by atoms with Gasteiger partial charge < -0.3 is 0 Å². The van der Waals surface area contributed by atoms with E-state index in [1.165, 1.54) is 4.57 Å². The van der Waals surface area contributed by atoms with Gasteiger partial charge in [0.15, 0.2) is 0 Å². The normalized spacial score (nSPS) is 64.3. The maximum Gasteiger partial charge on any atom is 0.347 e. The van der Waals surface area contributed by atoms with E-state index in [-0.39, 0.29) is 34.3 Å². The molecule has 4 aliphatic carbocycles. The van der Waals surface area contributed by atoms with Crippen molar-refractivity contribution >= 4 is 10.8 Å². The van der Waals surface area contributed by atoms with Crippen molar-refractivity contribution in [3.63, 3.8) is 0 Å². The van der Waals surface area contributed by atoms with Gasteiger partial charge in [0, 0.05) is 40.2 Å². The fourth-order valence-electron chi connectivity index (χ4n) is 7.69. The summed E-state index contributed by atoms with van der Waals surface area (Å²) in [6.45, 7) is 0. The fourth-order valence-corrected chi connectivity index (χ4v) is 10.1. The summed E-state index contributed by atoms with van der Waals surface area (Å²) in [5, 5.41) is 0. The summed E-state index contributed by atoms with van der Waals surface area (Å²) in [7, 11) is 0.827. The highest BCUT2D eigenvalue weighted by atomic mass is 32.2. The molecule has 20 heavy (non-hydrogen) atoms. The van der Waals surface area contributed by atoms with Crippen LogP contribution in [-0.4, -0.2) is 29.6 Å². The van der Waals surface area contributed by atoms with Gasteiger partial charge in [0.2, 0.25) is 0 Å². The maximum atomic E-state index is 12.5. The lowest BCUT2D eigenvalue weighted by atomic mass is 9.73. The van der Waals surface area contributed by atoms with E-state index in [0.717, 1.165) is 17.4 Å². The first-order chi connectivity index (χ1) is 9.57. The smallest absolute Gasteiger partial charge is 0.260 e. The Bertz CT molecular complexity index is 843. The largest absolute Gasteiger partial charge is 0.347 e. The van der Waals surface area contributed by atoms with E-state index >= 15 is 0 Å². The van der Waals surface area contributed by atoms with E-state index in [4.69, 9.17) is 0 Å². The Morgan fingerprint density at radius 3 is 2.00 bits per heavy atom. The lowest BCUT2D eigenvalue weighted by Crippen LogP contribution is -2.52. The minimum absolute atomic E-state index is 0.115. The Kier molecular flexibility index (Phi) is 1.04. The summed E-state index contributed by atoms with van der Waals surface area (Å²) >= 11 is 0. The number of hydrogen-bond acceptors (Lipinski definition) is 3. The molecule has 0 amide bonds. The molecule has 3 aliphatic heterocycles. The van der Waals surface area contributed by atoms with Crippen LogP contribution in [0.15, 0.2) is 9.59 Å². The van der Waals surface area contributed by atoms with Crippen molar-refractivity contribution in [2.75, 3.05) is 11.5 Å². The maximum absolute atomic E-state index is 12.5. The third-order valence-electron chi connectivity index (χ3n) is 7.78. The van der Waals surface area contributed by atoms with Crippen LogP contribution in [0.2, 0.25) is 0 Å². The van der Waals surface area contributed by atoms with Gasteiger partial charge in [0.25, 0.3) is 0 Å².